The van der Waals surface area contributed by atoms with E-state index < -0.39 is 8.56 Å². The summed E-state index contributed by atoms with van der Waals surface area (Å²) in [6.45, 7) is 4.39. The standard InChI is InChI=1S/C30H44O4Si/c1-3-5-7-9-11-19-25-29(31)33-35(27-21-15-13-16-22-27,28-23-17-14-18-24-28)34-30(32)26-20-12-10-8-6-4-2/h13-18,21-24H,3-12,19-20,25-26H2,1-2H3. The molecule has 0 amide bonds. The SMILES string of the molecule is CCCCCCCCC(=O)O[Si](OC(=O)CCCCCCCC)(c1ccccc1)c1ccccc1. The molecular formula is C30H44O4Si. The summed E-state index contributed by atoms with van der Waals surface area (Å²) in [6, 6.07) is 19.1. The van der Waals surface area contributed by atoms with Gasteiger partial charge in [0, 0.05) is 23.2 Å². The summed E-state index contributed by atoms with van der Waals surface area (Å²) in [5.41, 5.74) is 0. The quantitative estimate of drug-likeness (QED) is 0.168. The van der Waals surface area contributed by atoms with Crippen molar-refractivity contribution in [3.05, 3.63) is 60.7 Å². The Kier molecular flexibility index (Phi) is 14.1. The van der Waals surface area contributed by atoms with Gasteiger partial charge in [0.2, 0.25) is 0 Å². The number of rotatable bonds is 18. The first kappa shape index (κ1) is 28.8. The molecule has 0 heterocycles. The van der Waals surface area contributed by atoms with Crippen LogP contribution in [0.1, 0.15) is 104 Å². The molecule has 192 valence electrons. The number of hydrogen-bond donors (Lipinski definition) is 0. The van der Waals surface area contributed by atoms with Crippen LogP contribution in [0.25, 0.3) is 0 Å². The van der Waals surface area contributed by atoms with Crippen molar-refractivity contribution in [2.45, 2.75) is 104 Å². The van der Waals surface area contributed by atoms with E-state index >= 15 is 0 Å². The van der Waals surface area contributed by atoms with E-state index in [1.807, 2.05) is 60.7 Å². The van der Waals surface area contributed by atoms with E-state index in [4.69, 9.17) is 8.85 Å². The third-order valence-corrected chi connectivity index (χ3v) is 9.51. The van der Waals surface area contributed by atoms with Crippen molar-refractivity contribution in [3.63, 3.8) is 0 Å². The van der Waals surface area contributed by atoms with Crippen LogP contribution in [0, 0.1) is 0 Å². The van der Waals surface area contributed by atoms with Gasteiger partial charge in [-0.3, -0.25) is 9.59 Å². The Morgan fingerprint density at radius 3 is 1.26 bits per heavy atom. The fourth-order valence-electron chi connectivity index (χ4n) is 4.26. The maximum Gasteiger partial charge on any atom is 0.534 e. The number of carbonyl (C=O) groups excluding carboxylic acids is 2. The van der Waals surface area contributed by atoms with E-state index in [9.17, 15) is 9.59 Å². The topological polar surface area (TPSA) is 52.6 Å². The van der Waals surface area contributed by atoms with Gasteiger partial charge in [0.25, 0.3) is 11.9 Å². The maximum atomic E-state index is 13.1. The smallest absolute Gasteiger partial charge is 0.478 e. The van der Waals surface area contributed by atoms with Crippen LogP contribution >= 0.6 is 0 Å². The molecule has 0 aliphatic carbocycles. The van der Waals surface area contributed by atoms with Crippen LogP contribution in [0.5, 0.6) is 0 Å². The summed E-state index contributed by atoms with van der Waals surface area (Å²) in [7, 11) is -3.54. The highest BCUT2D eigenvalue weighted by molar-refractivity contribution is 6.94. The van der Waals surface area contributed by atoms with Crippen molar-refractivity contribution in [1.29, 1.82) is 0 Å². The molecule has 0 fully saturated rings. The highest BCUT2D eigenvalue weighted by Gasteiger charge is 2.49. The second-order valence-corrected chi connectivity index (χ2v) is 12.1. The monoisotopic (exact) mass is 496 g/mol. The van der Waals surface area contributed by atoms with Gasteiger partial charge in [0.05, 0.1) is 0 Å². The summed E-state index contributed by atoms with van der Waals surface area (Å²) in [6.07, 6.45) is 13.8. The largest absolute Gasteiger partial charge is 0.534 e. The Balaban J connectivity index is 2.15. The molecule has 2 aromatic rings. The number of unbranched alkanes of at least 4 members (excludes halogenated alkanes) is 10. The molecule has 0 spiro atoms. The first-order valence-electron chi connectivity index (χ1n) is 13.7. The first-order valence-corrected chi connectivity index (χ1v) is 15.5. The zero-order chi connectivity index (χ0) is 25.2. The second kappa shape index (κ2) is 17.1. The van der Waals surface area contributed by atoms with Crippen molar-refractivity contribution in [3.8, 4) is 0 Å². The van der Waals surface area contributed by atoms with Crippen LogP contribution in [-0.2, 0) is 18.4 Å². The molecule has 2 aromatic carbocycles. The van der Waals surface area contributed by atoms with Crippen molar-refractivity contribution in [2.75, 3.05) is 0 Å². The van der Waals surface area contributed by atoms with Crippen molar-refractivity contribution in [1.82, 2.24) is 0 Å². The summed E-state index contributed by atoms with van der Waals surface area (Å²) in [5.74, 6) is -0.570. The highest BCUT2D eigenvalue weighted by atomic mass is 28.4. The van der Waals surface area contributed by atoms with Gasteiger partial charge < -0.3 is 8.85 Å². The van der Waals surface area contributed by atoms with Gasteiger partial charge in [-0.2, -0.15) is 0 Å². The molecule has 5 heteroatoms. The molecule has 2 rings (SSSR count). The van der Waals surface area contributed by atoms with Crippen LogP contribution < -0.4 is 10.4 Å². The summed E-state index contributed by atoms with van der Waals surface area (Å²) < 4.78 is 12.4. The zero-order valence-corrected chi connectivity index (χ0v) is 22.8. The minimum atomic E-state index is -3.54. The van der Waals surface area contributed by atoms with Gasteiger partial charge in [-0.15, -0.1) is 0 Å². The Morgan fingerprint density at radius 2 is 0.886 bits per heavy atom. The lowest BCUT2D eigenvalue weighted by Gasteiger charge is -2.30. The van der Waals surface area contributed by atoms with Crippen LogP contribution in [-0.4, -0.2) is 20.5 Å². The molecule has 0 unspecified atom stereocenters. The molecule has 0 aliphatic heterocycles. The van der Waals surface area contributed by atoms with Gasteiger partial charge in [-0.25, -0.2) is 0 Å². The molecule has 0 radical (unpaired) electrons. The van der Waals surface area contributed by atoms with E-state index in [0.717, 1.165) is 48.9 Å². The summed E-state index contributed by atoms with van der Waals surface area (Å²) in [5, 5.41) is 1.55. The van der Waals surface area contributed by atoms with E-state index in [-0.39, 0.29) is 11.9 Å². The van der Waals surface area contributed by atoms with E-state index in [2.05, 4.69) is 13.8 Å². The van der Waals surface area contributed by atoms with Gasteiger partial charge in [-0.05, 0) is 12.8 Å². The van der Waals surface area contributed by atoms with E-state index in [0.29, 0.717) is 12.8 Å². The fraction of sp³-hybridized carbons (Fsp3) is 0.533. The second-order valence-electron chi connectivity index (χ2n) is 9.33. The minimum absolute atomic E-state index is 0.285. The summed E-state index contributed by atoms with van der Waals surface area (Å²) >= 11 is 0. The van der Waals surface area contributed by atoms with Gasteiger partial charge in [-0.1, -0.05) is 139 Å². The van der Waals surface area contributed by atoms with Crippen molar-refractivity contribution < 1.29 is 18.4 Å². The van der Waals surface area contributed by atoms with Crippen LogP contribution in [0.15, 0.2) is 60.7 Å². The van der Waals surface area contributed by atoms with Crippen LogP contribution in [0.4, 0.5) is 0 Å². The highest BCUT2D eigenvalue weighted by Crippen LogP contribution is 2.16. The molecule has 0 aliphatic rings. The van der Waals surface area contributed by atoms with Crippen molar-refractivity contribution >= 4 is 30.9 Å². The Hall–Kier alpha value is -2.40. The van der Waals surface area contributed by atoms with Crippen LogP contribution in [0.2, 0.25) is 0 Å². The minimum Gasteiger partial charge on any atom is -0.478 e. The van der Waals surface area contributed by atoms with E-state index in [1.165, 1.54) is 38.5 Å². The summed E-state index contributed by atoms with van der Waals surface area (Å²) in [4.78, 5) is 26.1. The number of carbonyl (C=O) groups is 2. The fourth-order valence-corrected chi connectivity index (χ4v) is 7.21. The predicted octanol–water partition coefficient (Wildman–Crippen LogP) is 6.83. The average molecular weight is 497 g/mol. The third kappa shape index (κ3) is 10.4. The molecule has 0 saturated heterocycles. The van der Waals surface area contributed by atoms with Gasteiger partial charge in [0.1, 0.15) is 0 Å². The van der Waals surface area contributed by atoms with Crippen molar-refractivity contribution in [2.24, 2.45) is 0 Å². The van der Waals surface area contributed by atoms with E-state index in [1.54, 1.807) is 0 Å². The average Bonchev–Trinajstić information content (AvgIpc) is 2.89. The Morgan fingerprint density at radius 1 is 0.543 bits per heavy atom. The molecule has 0 saturated carbocycles. The lowest BCUT2D eigenvalue weighted by molar-refractivity contribution is -0.140. The molecule has 0 aromatic heterocycles. The van der Waals surface area contributed by atoms with Crippen LogP contribution in [0.3, 0.4) is 0 Å². The first-order chi connectivity index (χ1) is 17.1. The molecule has 0 atom stereocenters. The maximum absolute atomic E-state index is 13.1. The molecular weight excluding hydrogens is 452 g/mol. The molecule has 35 heavy (non-hydrogen) atoms. The normalized spacial score (nSPS) is 11.3. The molecule has 4 nitrogen and oxygen atoms in total. The Bertz CT molecular complexity index is 766. The molecule has 0 N–H and O–H groups in total. The number of benzene rings is 2. The molecule has 0 bridgehead atoms. The predicted molar refractivity (Wildman–Crippen MR) is 146 cm³/mol. The third-order valence-electron chi connectivity index (χ3n) is 6.29. The number of hydrogen-bond acceptors (Lipinski definition) is 4. The lowest BCUT2D eigenvalue weighted by Crippen LogP contribution is -2.65. The van der Waals surface area contributed by atoms with Gasteiger partial charge in [0.15, 0.2) is 0 Å². The Labute approximate surface area is 213 Å². The zero-order valence-electron chi connectivity index (χ0n) is 21.8. The lowest BCUT2D eigenvalue weighted by atomic mass is 10.1. The van der Waals surface area contributed by atoms with Gasteiger partial charge >= 0.3 is 8.56 Å².